The van der Waals surface area contributed by atoms with Crippen LogP contribution in [0.5, 0.6) is 5.75 Å². The van der Waals surface area contributed by atoms with Crippen LogP contribution in [0, 0.1) is 20.8 Å². The molecule has 32 heavy (non-hydrogen) atoms. The minimum Gasteiger partial charge on any atom is -0.495 e. The summed E-state index contributed by atoms with van der Waals surface area (Å²) in [6.45, 7) is 5.36. The van der Waals surface area contributed by atoms with Crippen LogP contribution in [-0.2, 0) is 11.3 Å². The molecule has 166 valence electrons. The lowest BCUT2D eigenvalue weighted by Crippen LogP contribution is -2.32. The van der Waals surface area contributed by atoms with E-state index in [1.54, 1.807) is 37.3 Å². The number of rotatable bonds is 6. The van der Waals surface area contributed by atoms with Crippen LogP contribution in [0.4, 0.5) is 21.9 Å². The van der Waals surface area contributed by atoms with Crippen molar-refractivity contribution < 1.29 is 14.3 Å². The van der Waals surface area contributed by atoms with Crippen LogP contribution in [-0.4, -0.2) is 23.6 Å². The Balaban J connectivity index is 1.74. The molecule has 0 bridgehead atoms. The van der Waals surface area contributed by atoms with Crippen LogP contribution in [0.2, 0.25) is 0 Å². The highest BCUT2D eigenvalue weighted by atomic mass is 16.5. The van der Waals surface area contributed by atoms with Crippen molar-refractivity contribution in [2.24, 2.45) is 0 Å². The van der Waals surface area contributed by atoms with Crippen molar-refractivity contribution in [3.63, 3.8) is 0 Å². The number of aryl methyl sites for hydroxylation is 3. The van der Waals surface area contributed by atoms with Crippen LogP contribution in [0.25, 0.3) is 0 Å². The molecule has 0 unspecified atom stereocenters. The molecule has 3 N–H and O–H groups in total. The first kappa shape index (κ1) is 22.6. The second-order valence-electron chi connectivity index (χ2n) is 7.48. The summed E-state index contributed by atoms with van der Waals surface area (Å²) in [4.78, 5) is 37.9. The molecule has 1 heterocycles. The molecular weight excluding hydrogens is 408 g/mol. The number of amides is 3. The smallest absolute Gasteiger partial charge is 0.323 e. The normalized spacial score (nSPS) is 10.4. The molecule has 0 aliphatic carbocycles. The third-order valence-electron chi connectivity index (χ3n) is 4.88. The SMILES string of the molecule is COc1ccc(C)cc1NC(=O)Cn1c(C)ccc(NC(=O)Nc2ccc(C)cc2)c1=O. The third kappa shape index (κ3) is 5.54. The summed E-state index contributed by atoms with van der Waals surface area (Å²) in [7, 11) is 1.52. The van der Waals surface area contributed by atoms with Gasteiger partial charge in [0.25, 0.3) is 5.56 Å². The summed E-state index contributed by atoms with van der Waals surface area (Å²) in [5.41, 5.74) is 3.34. The third-order valence-corrected chi connectivity index (χ3v) is 4.88. The molecule has 0 atom stereocenters. The highest BCUT2D eigenvalue weighted by Gasteiger charge is 2.14. The highest BCUT2D eigenvalue weighted by Crippen LogP contribution is 2.25. The van der Waals surface area contributed by atoms with Gasteiger partial charge in [0.2, 0.25) is 5.91 Å². The standard InChI is InChI=1S/C24H26N4O4/c1-15-5-9-18(10-6-15)25-24(31)27-19-11-8-17(3)28(23(19)30)14-22(29)26-20-13-16(2)7-12-21(20)32-4/h5-13H,14H2,1-4H3,(H,26,29)(H2,25,27,31). The van der Waals surface area contributed by atoms with Gasteiger partial charge in [0, 0.05) is 11.4 Å². The van der Waals surface area contributed by atoms with Gasteiger partial charge >= 0.3 is 6.03 Å². The highest BCUT2D eigenvalue weighted by molar-refractivity contribution is 5.99. The van der Waals surface area contributed by atoms with Crippen LogP contribution < -0.4 is 26.2 Å². The van der Waals surface area contributed by atoms with Crippen LogP contribution in [0.1, 0.15) is 16.8 Å². The molecule has 3 amide bonds. The van der Waals surface area contributed by atoms with Gasteiger partial charge in [0.05, 0.1) is 12.8 Å². The lowest BCUT2D eigenvalue weighted by Gasteiger charge is -2.14. The van der Waals surface area contributed by atoms with E-state index in [2.05, 4.69) is 16.0 Å². The van der Waals surface area contributed by atoms with Gasteiger partial charge in [-0.25, -0.2) is 4.79 Å². The summed E-state index contributed by atoms with van der Waals surface area (Å²) in [5, 5.41) is 8.01. The lowest BCUT2D eigenvalue weighted by molar-refractivity contribution is -0.116. The average Bonchev–Trinajstić information content (AvgIpc) is 2.75. The molecule has 2 aromatic carbocycles. The van der Waals surface area contributed by atoms with E-state index in [4.69, 9.17) is 4.74 Å². The number of carbonyl (C=O) groups is 2. The molecule has 3 rings (SSSR count). The Morgan fingerprint density at radius 2 is 1.53 bits per heavy atom. The number of hydrogen-bond donors (Lipinski definition) is 3. The Morgan fingerprint density at radius 1 is 0.844 bits per heavy atom. The Labute approximate surface area is 186 Å². The summed E-state index contributed by atoms with van der Waals surface area (Å²) in [6.07, 6.45) is 0. The molecule has 8 nitrogen and oxygen atoms in total. The fourth-order valence-corrected chi connectivity index (χ4v) is 3.14. The van der Waals surface area contributed by atoms with Crippen LogP contribution in [0.3, 0.4) is 0 Å². The van der Waals surface area contributed by atoms with E-state index in [0.29, 0.717) is 22.8 Å². The Kier molecular flexibility index (Phi) is 6.94. The van der Waals surface area contributed by atoms with Gasteiger partial charge in [-0.3, -0.25) is 9.59 Å². The zero-order valence-corrected chi connectivity index (χ0v) is 18.5. The van der Waals surface area contributed by atoms with E-state index in [1.165, 1.54) is 17.7 Å². The quantitative estimate of drug-likeness (QED) is 0.544. The number of aromatic nitrogens is 1. The molecule has 8 heteroatoms. The molecular formula is C24H26N4O4. The van der Waals surface area contributed by atoms with E-state index in [1.807, 2.05) is 32.0 Å². The predicted octanol–water partition coefficient (Wildman–Crippen LogP) is 4.06. The monoisotopic (exact) mass is 434 g/mol. The maximum atomic E-state index is 12.9. The van der Waals surface area contributed by atoms with E-state index in [0.717, 1.165) is 11.1 Å². The van der Waals surface area contributed by atoms with Crippen molar-refractivity contribution in [1.82, 2.24) is 4.57 Å². The molecule has 0 aliphatic rings. The number of carbonyl (C=O) groups excluding carboxylic acids is 2. The van der Waals surface area contributed by atoms with Gasteiger partial charge in [-0.05, 0) is 62.7 Å². The minimum absolute atomic E-state index is 0.0705. The van der Waals surface area contributed by atoms with Gasteiger partial charge in [-0.2, -0.15) is 0 Å². The van der Waals surface area contributed by atoms with Gasteiger partial charge in [0.15, 0.2) is 0 Å². The van der Waals surface area contributed by atoms with Crippen molar-refractivity contribution in [1.29, 1.82) is 0 Å². The number of methoxy groups -OCH3 is 1. The Bertz CT molecular complexity index is 1200. The maximum absolute atomic E-state index is 12.9. The summed E-state index contributed by atoms with van der Waals surface area (Å²) in [6, 6.07) is 15.4. The number of pyridine rings is 1. The fourth-order valence-electron chi connectivity index (χ4n) is 3.14. The number of nitrogens with one attached hydrogen (secondary N) is 3. The lowest BCUT2D eigenvalue weighted by atomic mass is 10.2. The first-order valence-electron chi connectivity index (χ1n) is 10.1. The molecule has 0 saturated carbocycles. The van der Waals surface area contributed by atoms with E-state index in [-0.39, 0.29) is 18.1 Å². The first-order valence-corrected chi connectivity index (χ1v) is 10.1. The number of anilines is 3. The number of hydrogen-bond acceptors (Lipinski definition) is 4. The summed E-state index contributed by atoms with van der Waals surface area (Å²) < 4.78 is 6.58. The Morgan fingerprint density at radius 3 is 2.22 bits per heavy atom. The molecule has 0 spiro atoms. The number of ether oxygens (including phenoxy) is 1. The zero-order chi connectivity index (χ0) is 23.3. The number of nitrogens with zero attached hydrogens (tertiary/aromatic N) is 1. The summed E-state index contributed by atoms with van der Waals surface area (Å²) in [5.74, 6) is 0.136. The fraction of sp³-hybridized carbons (Fsp3) is 0.208. The van der Waals surface area contributed by atoms with Crippen LogP contribution >= 0.6 is 0 Å². The van der Waals surface area contributed by atoms with Crippen molar-refractivity contribution in [3.8, 4) is 5.75 Å². The van der Waals surface area contributed by atoms with Crippen LogP contribution in [0.15, 0.2) is 59.4 Å². The maximum Gasteiger partial charge on any atom is 0.323 e. The topological polar surface area (TPSA) is 101 Å². The van der Waals surface area contributed by atoms with Gasteiger partial charge in [-0.1, -0.05) is 23.8 Å². The molecule has 0 fully saturated rings. The van der Waals surface area contributed by atoms with Crippen molar-refractivity contribution >= 4 is 29.0 Å². The molecule has 3 aromatic rings. The second-order valence-corrected chi connectivity index (χ2v) is 7.48. The van der Waals surface area contributed by atoms with E-state index < -0.39 is 11.6 Å². The molecule has 1 aromatic heterocycles. The van der Waals surface area contributed by atoms with Crippen molar-refractivity contribution in [2.45, 2.75) is 27.3 Å². The second kappa shape index (κ2) is 9.82. The van der Waals surface area contributed by atoms with Gasteiger partial charge < -0.3 is 25.3 Å². The van der Waals surface area contributed by atoms with E-state index >= 15 is 0 Å². The molecule has 0 radical (unpaired) electrons. The average molecular weight is 434 g/mol. The summed E-state index contributed by atoms with van der Waals surface area (Å²) >= 11 is 0. The van der Waals surface area contributed by atoms with Gasteiger partial charge in [0.1, 0.15) is 18.0 Å². The van der Waals surface area contributed by atoms with Crippen molar-refractivity contribution in [2.75, 3.05) is 23.1 Å². The largest absolute Gasteiger partial charge is 0.495 e. The number of benzene rings is 2. The molecule has 0 aliphatic heterocycles. The predicted molar refractivity (Wildman–Crippen MR) is 126 cm³/mol. The Hall–Kier alpha value is -4.07. The molecule has 0 saturated heterocycles. The first-order chi connectivity index (χ1) is 15.3. The number of urea groups is 1. The minimum atomic E-state index is -0.546. The van der Waals surface area contributed by atoms with E-state index in [9.17, 15) is 14.4 Å². The zero-order valence-electron chi connectivity index (χ0n) is 18.5. The van der Waals surface area contributed by atoms with Gasteiger partial charge in [-0.15, -0.1) is 0 Å². The van der Waals surface area contributed by atoms with Crippen molar-refractivity contribution in [3.05, 3.63) is 81.8 Å².